The first-order valence-corrected chi connectivity index (χ1v) is 25.0. The second-order valence-electron chi connectivity index (χ2n) is 18.0. The van der Waals surface area contributed by atoms with Gasteiger partial charge in [-0.05, 0) is 53.4 Å². The van der Waals surface area contributed by atoms with Gasteiger partial charge in [0.25, 0.3) is 0 Å². The molecule has 0 N–H and O–H groups in total. The molecule has 0 aliphatic rings. The number of halogens is 2. The summed E-state index contributed by atoms with van der Waals surface area (Å²) in [5.41, 5.74) is 0. The Hall–Kier alpha value is 0.500. The molecule has 0 saturated heterocycles. The molecule has 0 rings (SSSR count). The van der Waals surface area contributed by atoms with E-state index >= 15 is 0 Å². The third-order valence-electron chi connectivity index (χ3n) is 13.2. The van der Waals surface area contributed by atoms with E-state index in [9.17, 15) is 0 Å². The molecule has 0 amide bonds. The highest BCUT2D eigenvalue weighted by Gasteiger charge is 2.15. The lowest BCUT2D eigenvalue weighted by Crippen LogP contribution is -3.00. The maximum Gasteiger partial charge on any atom is 0.0784 e. The molecule has 2 nitrogen and oxygen atoms in total. The zero-order valence-electron chi connectivity index (χ0n) is 39.3. The number of hydrogen-bond donors (Lipinski definition) is 0. The molecule has 0 fully saturated rings. The van der Waals surface area contributed by atoms with Crippen LogP contribution in [0.4, 0.5) is 0 Å². The molecule has 0 aliphatic carbocycles. The van der Waals surface area contributed by atoms with Crippen molar-refractivity contribution in [3.05, 3.63) is 0 Å². The van der Waals surface area contributed by atoms with Crippen LogP contribution in [0.5, 0.6) is 0 Å². The standard InChI is InChI=1S/2C25H54N.2ClH/c2*1-5-8-9-10-11-12-13-14-15-16-17-18-19-20-21-22-23-24-25-26(4,6-2)7-3;;/h2*5-25H2,1-4H3;2*1H/q2*+1;;/p-2. The summed E-state index contributed by atoms with van der Waals surface area (Å²) in [6.07, 6.45) is 52.8. The first-order valence-electron chi connectivity index (χ1n) is 25.0. The summed E-state index contributed by atoms with van der Waals surface area (Å²) in [7, 11) is 4.82. The minimum absolute atomic E-state index is 0. The summed E-state index contributed by atoms with van der Waals surface area (Å²) in [4.78, 5) is 0. The fourth-order valence-corrected chi connectivity index (χ4v) is 7.87. The Balaban J connectivity index is -0.000000446. The van der Waals surface area contributed by atoms with Gasteiger partial charge < -0.3 is 33.8 Å². The van der Waals surface area contributed by atoms with Crippen molar-refractivity contribution in [2.24, 2.45) is 0 Å². The van der Waals surface area contributed by atoms with Gasteiger partial charge in [-0.3, -0.25) is 0 Å². The van der Waals surface area contributed by atoms with Crippen molar-refractivity contribution in [1.82, 2.24) is 0 Å². The van der Waals surface area contributed by atoms with E-state index in [1.165, 1.54) is 279 Å². The predicted molar refractivity (Wildman–Crippen MR) is 242 cm³/mol. The van der Waals surface area contributed by atoms with Gasteiger partial charge in [0.1, 0.15) is 0 Å². The van der Waals surface area contributed by atoms with Crippen LogP contribution in [0.3, 0.4) is 0 Å². The molecular formula is C50H108Cl2N2. The molecule has 0 aliphatic heterocycles. The minimum atomic E-state index is 0. The molecule has 0 radical (unpaired) electrons. The van der Waals surface area contributed by atoms with Gasteiger partial charge in [-0.1, -0.05) is 219 Å². The van der Waals surface area contributed by atoms with Gasteiger partial charge in [0.05, 0.1) is 53.4 Å². The van der Waals surface area contributed by atoms with Gasteiger partial charge in [0.2, 0.25) is 0 Å². The smallest absolute Gasteiger partial charge is 0.0784 e. The van der Waals surface area contributed by atoms with Crippen molar-refractivity contribution in [2.45, 2.75) is 273 Å². The third-order valence-corrected chi connectivity index (χ3v) is 13.2. The van der Waals surface area contributed by atoms with E-state index in [0.717, 1.165) is 0 Å². The monoisotopic (exact) mass is 807 g/mol. The fourth-order valence-electron chi connectivity index (χ4n) is 7.87. The predicted octanol–water partition coefficient (Wildman–Crippen LogP) is 11.0. The number of unbranched alkanes of at least 4 members (excludes halogenated alkanes) is 34. The quantitative estimate of drug-likeness (QED) is 0.0426. The Kier molecular flexibility index (Phi) is 56.2. The zero-order valence-corrected chi connectivity index (χ0v) is 40.9. The Bertz CT molecular complexity index is 580. The second-order valence-corrected chi connectivity index (χ2v) is 18.0. The molecule has 0 aromatic rings. The minimum Gasteiger partial charge on any atom is -1.00 e. The van der Waals surface area contributed by atoms with Crippen LogP contribution in [0.15, 0.2) is 0 Å². The van der Waals surface area contributed by atoms with E-state index < -0.39 is 0 Å². The lowest BCUT2D eigenvalue weighted by molar-refractivity contribution is -0.906. The molecule has 0 bridgehead atoms. The van der Waals surface area contributed by atoms with E-state index in [1.807, 2.05) is 0 Å². The van der Waals surface area contributed by atoms with Crippen LogP contribution >= 0.6 is 0 Å². The summed E-state index contributed by atoms with van der Waals surface area (Å²) in [6, 6.07) is 0. The number of quaternary nitrogens is 2. The van der Waals surface area contributed by atoms with Crippen LogP contribution in [0, 0.1) is 0 Å². The molecule has 54 heavy (non-hydrogen) atoms. The topological polar surface area (TPSA) is 0 Å². The van der Waals surface area contributed by atoms with E-state index in [0.29, 0.717) is 0 Å². The summed E-state index contributed by atoms with van der Waals surface area (Å²) in [6.45, 7) is 21.8. The van der Waals surface area contributed by atoms with Crippen LogP contribution < -0.4 is 24.8 Å². The van der Waals surface area contributed by atoms with Crippen molar-refractivity contribution in [2.75, 3.05) is 53.4 Å². The van der Waals surface area contributed by atoms with Crippen LogP contribution in [0.1, 0.15) is 273 Å². The van der Waals surface area contributed by atoms with Crippen molar-refractivity contribution in [1.29, 1.82) is 0 Å². The molecule has 0 atom stereocenters. The Labute approximate surface area is 358 Å². The van der Waals surface area contributed by atoms with E-state index in [1.54, 1.807) is 0 Å². The van der Waals surface area contributed by atoms with Crippen LogP contribution in [0.2, 0.25) is 0 Å². The van der Waals surface area contributed by atoms with Crippen molar-refractivity contribution < 1.29 is 33.8 Å². The lowest BCUT2D eigenvalue weighted by atomic mass is 10.0. The lowest BCUT2D eigenvalue weighted by Gasteiger charge is -2.32. The summed E-state index contributed by atoms with van der Waals surface area (Å²) in [5, 5.41) is 0. The van der Waals surface area contributed by atoms with Crippen molar-refractivity contribution in [3.8, 4) is 0 Å². The average Bonchev–Trinajstić information content (AvgIpc) is 3.17. The summed E-state index contributed by atoms with van der Waals surface area (Å²) in [5.74, 6) is 0. The van der Waals surface area contributed by atoms with E-state index in [-0.39, 0.29) is 24.8 Å². The Morgan fingerprint density at radius 3 is 0.463 bits per heavy atom. The van der Waals surface area contributed by atoms with Crippen LogP contribution in [0.25, 0.3) is 0 Å². The molecule has 0 heterocycles. The number of hydrogen-bond acceptors (Lipinski definition) is 0. The third kappa shape index (κ3) is 46.9. The fraction of sp³-hybridized carbons (Fsp3) is 1.00. The largest absolute Gasteiger partial charge is 1.00 e. The van der Waals surface area contributed by atoms with Gasteiger partial charge in [-0.2, -0.15) is 0 Å². The molecular weight excluding hydrogens is 699 g/mol. The maximum atomic E-state index is 2.41. The van der Waals surface area contributed by atoms with E-state index in [2.05, 4.69) is 55.6 Å². The molecule has 0 unspecified atom stereocenters. The highest BCUT2D eigenvalue weighted by atomic mass is 35.5. The first-order chi connectivity index (χ1) is 25.4. The molecule has 0 aromatic heterocycles. The Morgan fingerprint density at radius 2 is 0.333 bits per heavy atom. The van der Waals surface area contributed by atoms with Crippen molar-refractivity contribution in [3.63, 3.8) is 0 Å². The van der Waals surface area contributed by atoms with Crippen LogP contribution in [-0.2, 0) is 0 Å². The van der Waals surface area contributed by atoms with Gasteiger partial charge in [-0.25, -0.2) is 0 Å². The summed E-state index contributed by atoms with van der Waals surface area (Å²) >= 11 is 0. The highest BCUT2D eigenvalue weighted by Crippen LogP contribution is 2.17. The second kappa shape index (κ2) is 49.6. The molecule has 0 saturated carbocycles. The van der Waals surface area contributed by atoms with E-state index in [4.69, 9.17) is 0 Å². The highest BCUT2D eigenvalue weighted by molar-refractivity contribution is 4.52. The Morgan fingerprint density at radius 1 is 0.204 bits per heavy atom. The van der Waals surface area contributed by atoms with Crippen molar-refractivity contribution >= 4 is 0 Å². The van der Waals surface area contributed by atoms with Gasteiger partial charge >= 0.3 is 0 Å². The number of nitrogens with zero attached hydrogens (tertiary/aromatic N) is 2. The maximum absolute atomic E-state index is 2.41. The van der Waals surface area contributed by atoms with Gasteiger partial charge in [-0.15, -0.1) is 0 Å². The molecule has 0 spiro atoms. The average molecular weight is 808 g/mol. The van der Waals surface area contributed by atoms with Crippen LogP contribution in [-0.4, -0.2) is 62.3 Å². The zero-order chi connectivity index (χ0) is 38.7. The SMILES string of the molecule is CCCCCCCCCCCCCCCCCCCC[N+](C)(CC)CC.CCCCCCCCCCCCCCCCCCCC[N+](C)(CC)CC.[Cl-].[Cl-]. The van der Waals surface area contributed by atoms with Gasteiger partial charge in [0, 0.05) is 0 Å². The molecule has 0 aromatic carbocycles. The number of rotatable bonds is 42. The molecule has 332 valence electrons. The van der Waals surface area contributed by atoms with Gasteiger partial charge in [0.15, 0.2) is 0 Å². The molecule has 4 heteroatoms. The normalized spacial score (nSPS) is 11.6. The summed E-state index contributed by atoms with van der Waals surface area (Å²) < 4.78 is 2.53. The first kappa shape index (κ1) is 61.2.